The van der Waals surface area contributed by atoms with Crippen molar-refractivity contribution in [2.45, 2.75) is 25.8 Å². The fourth-order valence-corrected chi connectivity index (χ4v) is 3.27. The van der Waals surface area contributed by atoms with Gasteiger partial charge in [0, 0.05) is 24.6 Å². The molecule has 3 rings (SSSR count). The van der Waals surface area contributed by atoms with Gasteiger partial charge in [-0.3, -0.25) is 4.79 Å². The maximum absolute atomic E-state index is 13.0. The first kappa shape index (κ1) is 19.8. The third kappa shape index (κ3) is 6.04. The molecule has 2 nitrogen and oxygen atoms in total. The number of Topliss-reactive ketones (excluding diaryl/α,β-unsaturated/α-hetero) is 1. The Morgan fingerprint density at radius 1 is 0.857 bits per heavy atom. The first-order valence-corrected chi connectivity index (χ1v) is 9.85. The molecule has 142 valence electrons. The van der Waals surface area contributed by atoms with Crippen LogP contribution >= 0.6 is 0 Å². The first-order valence-electron chi connectivity index (χ1n) is 9.85. The summed E-state index contributed by atoms with van der Waals surface area (Å²) in [6.45, 7) is 2.83. The lowest BCUT2D eigenvalue weighted by molar-refractivity contribution is -0.113. The Kier molecular flexibility index (Phi) is 7.34. The van der Waals surface area contributed by atoms with Gasteiger partial charge in [0.2, 0.25) is 0 Å². The summed E-state index contributed by atoms with van der Waals surface area (Å²) in [4.78, 5) is 13.0. The average Bonchev–Trinajstić information content (AvgIpc) is 2.74. The van der Waals surface area contributed by atoms with Gasteiger partial charge in [-0.2, -0.15) is 0 Å². The number of benzene rings is 3. The van der Waals surface area contributed by atoms with Crippen LogP contribution in [-0.4, -0.2) is 18.4 Å². The lowest BCUT2D eigenvalue weighted by Gasteiger charge is -2.14. The van der Waals surface area contributed by atoms with Gasteiger partial charge in [0.05, 0.1) is 0 Å². The average molecular weight is 370 g/mol. The summed E-state index contributed by atoms with van der Waals surface area (Å²) >= 11 is 0. The zero-order valence-corrected chi connectivity index (χ0v) is 16.3. The molecular formula is C26H27NO. The maximum atomic E-state index is 13.0. The van der Waals surface area contributed by atoms with Crippen molar-refractivity contribution in [3.8, 4) is 0 Å². The molecule has 0 aliphatic rings. The van der Waals surface area contributed by atoms with E-state index in [4.69, 9.17) is 0 Å². The molecule has 0 aliphatic heterocycles. The van der Waals surface area contributed by atoms with Gasteiger partial charge in [0.15, 0.2) is 5.78 Å². The number of ketones is 1. The van der Waals surface area contributed by atoms with E-state index >= 15 is 0 Å². The SMILES string of the molecule is CC(Cc1ccccc1)NCCC(=O)/C(=C/c1ccccc1)c1ccccc1. The Balaban J connectivity index is 1.63. The number of nitrogens with one attached hydrogen (secondary N) is 1. The summed E-state index contributed by atoms with van der Waals surface area (Å²) < 4.78 is 0. The van der Waals surface area contributed by atoms with Crippen LogP contribution in [0.2, 0.25) is 0 Å². The molecule has 0 heterocycles. The quantitative estimate of drug-likeness (QED) is 0.404. The lowest BCUT2D eigenvalue weighted by Crippen LogP contribution is -2.30. The van der Waals surface area contributed by atoms with Gasteiger partial charge in [0.1, 0.15) is 0 Å². The van der Waals surface area contributed by atoms with E-state index in [1.165, 1.54) is 5.56 Å². The second-order valence-electron chi connectivity index (χ2n) is 7.05. The molecule has 0 aliphatic carbocycles. The predicted molar refractivity (Wildman–Crippen MR) is 118 cm³/mol. The molecule has 0 bridgehead atoms. The van der Waals surface area contributed by atoms with Crippen LogP contribution in [0.25, 0.3) is 11.6 Å². The lowest BCUT2D eigenvalue weighted by atomic mass is 9.97. The van der Waals surface area contributed by atoms with Crippen LogP contribution in [0.1, 0.15) is 30.0 Å². The molecular weight excluding hydrogens is 342 g/mol. The van der Waals surface area contributed by atoms with Crippen LogP contribution in [0, 0.1) is 0 Å². The van der Waals surface area contributed by atoms with Crippen LogP contribution < -0.4 is 5.32 Å². The molecule has 0 amide bonds. The van der Waals surface area contributed by atoms with E-state index in [0.29, 0.717) is 19.0 Å². The molecule has 2 heteroatoms. The predicted octanol–water partition coefficient (Wildman–Crippen LogP) is 5.41. The molecule has 0 saturated carbocycles. The molecule has 3 aromatic carbocycles. The normalized spacial score (nSPS) is 12.5. The van der Waals surface area contributed by atoms with Crippen molar-refractivity contribution >= 4 is 17.4 Å². The Hall–Kier alpha value is -2.97. The molecule has 0 radical (unpaired) electrons. The Morgan fingerprint density at radius 3 is 2.07 bits per heavy atom. The molecule has 0 fully saturated rings. The molecule has 3 aromatic rings. The van der Waals surface area contributed by atoms with E-state index in [1.54, 1.807) is 0 Å². The first-order chi connectivity index (χ1) is 13.7. The maximum Gasteiger partial charge on any atom is 0.164 e. The number of hydrogen-bond acceptors (Lipinski definition) is 2. The fraction of sp³-hybridized carbons (Fsp3) is 0.192. The van der Waals surface area contributed by atoms with Gasteiger partial charge >= 0.3 is 0 Å². The minimum Gasteiger partial charge on any atom is -0.313 e. The van der Waals surface area contributed by atoms with Gasteiger partial charge in [-0.25, -0.2) is 0 Å². The van der Waals surface area contributed by atoms with E-state index < -0.39 is 0 Å². The van der Waals surface area contributed by atoms with Gasteiger partial charge in [-0.15, -0.1) is 0 Å². The summed E-state index contributed by atoms with van der Waals surface area (Å²) in [6, 6.07) is 30.7. The zero-order chi connectivity index (χ0) is 19.6. The molecule has 0 saturated heterocycles. The van der Waals surface area contributed by atoms with Crippen molar-refractivity contribution < 1.29 is 4.79 Å². The summed E-state index contributed by atoms with van der Waals surface area (Å²) in [7, 11) is 0. The summed E-state index contributed by atoms with van der Waals surface area (Å²) in [5.41, 5.74) is 4.08. The third-order valence-corrected chi connectivity index (χ3v) is 4.73. The largest absolute Gasteiger partial charge is 0.313 e. The van der Waals surface area contributed by atoms with Crippen LogP contribution in [0.15, 0.2) is 91.0 Å². The van der Waals surface area contributed by atoms with E-state index in [9.17, 15) is 4.79 Å². The topological polar surface area (TPSA) is 29.1 Å². The fourth-order valence-electron chi connectivity index (χ4n) is 3.27. The van der Waals surface area contributed by atoms with Gasteiger partial charge in [-0.05, 0) is 36.1 Å². The highest BCUT2D eigenvalue weighted by atomic mass is 16.1. The van der Waals surface area contributed by atoms with Crippen molar-refractivity contribution in [1.29, 1.82) is 0 Å². The number of rotatable bonds is 9. The highest BCUT2D eigenvalue weighted by Gasteiger charge is 2.12. The van der Waals surface area contributed by atoms with E-state index in [0.717, 1.165) is 23.1 Å². The van der Waals surface area contributed by atoms with E-state index in [-0.39, 0.29) is 5.78 Å². The van der Waals surface area contributed by atoms with Gasteiger partial charge in [0.25, 0.3) is 0 Å². The number of carbonyl (C=O) groups excluding carboxylic acids is 1. The standard InChI is InChI=1S/C26H27NO/c1-21(19-22-11-5-2-6-12-22)27-18-17-26(28)25(24-15-9-4-10-16-24)20-23-13-7-3-8-14-23/h2-16,20-21,27H,17-19H2,1H3/b25-20+. The zero-order valence-electron chi connectivity index (χ0n) is 16.3. The summed E-state index contributed by atoms with van der Waals surface area (Å²) in [5.74, 6) is 0.162. The van der Waals surface area contributed by atoms with Crippen LogP contribution in [0.5, 0.6) is 0 Å². The summed E-state index contributed by atoms with van der Waals surface area (Å²) in [5, 5.41) is 3.48. The van der Waals surface area contributed by atoms with Crippen molar-refractivity contribution in [1.82, 2.24) is 5.32 Å². The number of hydrogen-bond donors (Lipinski definition) is 1. The molecule has 28 heavy (non-hydrogen) atoms. The van der Waals surface area contributed by atoms with Gasteiger partial charge < -0.3 is 5.32 Å². The van der Waals surface area contributed by atoms with Crippen LogP contribution in [0.3, 0.4) is 0 Å². The van der Waals surface area contributed by atoms with Crippen molar-refractivity contribution in [3.05, 3.63) is 108 Å². The second-order valence-corrected chi connectivity index (χ2v) is 7.05. The smallest absolute Gasteiger partial charge is 0.164 e. The van der Waals surface area contributed by atoms with Crippen LogP contribution in [-0.2, 0) is 11.2 Å². The molecule has 0 aromatic heterocycles. The Bertz CT molecular complexity index is 885. The highest BCUT2D eigenvalue weighted by molar-refractivity contribution is 6.25. The Labute approximate surface area is 167 Å². The minimum atomic E-state index is 0.162. The number of carbonyl (C=O) groups is 1. The Morgan fingerprint density at radius 2 is 1.43 bits per heavy atom. The van der Waals surface area contributed by atoms with E-state index in [1.807, 2.05) is 72.8 Å². The monoisotopic (exact) mass is 369 g/mol. The van der Waals surface area contributed by atoms with Crippen LogP contribution in [0.4, 0.5) is 0 Å². The minimum absolute atomic E-state index is 0.162. The highest BCUT2D eigenvalue weighted by Crippen LogP contribution is 2.20. The molecule has 0 spiro atoms. The summed E-state index contributed by atoms with van der Waals surface area (Å²) in [6.07, 6.45) is 3.43. The third-order valence-electron chi connectivity index (χ3n) is 4.73. The van der Waals surface area contributed by atoms with Crippen molar-refractivity contribution in [2.24, 2.45) is 0 Å². The van der Waals surface area contributed by atoms with Crippen molar-refractivity contribution in [3.63, 3.8) is 0 Å². The number of allylic oxidation sites excluding steroid dienone is 1. The molecule has 1 N–H and O–H groups in total. The molecule has 1 atom stereocenters. The van der Waals surface area contributed by atoms with Gasteiger partial charge in [-0.1, -0.05) is 91.0 Å². The second kappa shape index (κ2) is 10.4. The van der Waals surface area contributed by atoms with E-state index in [2.05, 4.69) is 36.5 Å². The molecule has 1 unspecified atom stereocenters. The van der Waals surface area contributed by atoms with Crippen molar-refractivity contribution in [2.75, 3.05) is 6.54 Å².